The fourth-order valence-corrected chi connectivity index (χ4v) is 1.17. The molecule has 3 heteroatoms. The second-order valence-corrected chi connectivity index (χ2v) is 2.82. The van der Waals surface area contributed by atoms with E-state index in [1.165, 1.54) is 0 Å². The summed E-state index contributed by atoms with van der Waals surface area (Å²) in [6.07, 6.45) is 0.225. The van der Waals surface area contributed by atoms with E-state index in [0.29, 0.717) is 0 Å². The lowest BCUT2D eigenvalue weighted by atomic mass is 9.98. The van der Waals surface area contributed by atoms with Crippen molar-refractivity contribution >= 4 is 0 Å². The van der Waals surface area contributed by atoms with Gasteiger partial charge in [0.25, 0.3) is 0 Å². The summed E-state index contributed by atoms with van der Waals surface area (Å²) in [5.41, 5.74) is 0.856. The lowest BCUT2D eigenvalue weighted by Gasteiger charge is -2.05. The van der Waals surface area contributed by atoms with Gasteiger partial charge in [-0.05, 0) is 17.7 Å². The van der Waals surface area contributed by atoms with Gasteiger partial charge in [-0.1, -0.05) is 12.1 Å². The highest BCUT2D eigenvalue weighted by atomic mass is 16.5. The van der Waals surface area contributed by atoms with E-state index < -0.39 is 0 Å². The Morgan fingerprint density at radius 2 is 1.93 bits per heavy atom. The summed E-state index contributed by atoms with van der Waals surface area (Å²) in [5, 5.41) is 17.3. The first-order valence-electron chi connectivity index (χ1n) is 4.22. The molecule has 0 spiro atoms. The maximum absolute atomic E-state index is 8.80. The van der Waals surface area contributed by atoms with Crippen molar-refractivity contribution in [2.45, 2.75) is 12.3 Å². The number of rotatable bonds is 3. The van der Waals surface area contributed by atoms with Crippen molar-refractivity contribution in [2.24, 2.45) is 0 Å². The SMILES string of the molecule is COc1ccc(C(C#N)CC#N)cc1. The Morgan fingerprint density at radius 1 is 1.29 bits per heavy atom. The molecular formula is C11H10N2O. The minimum atomic E-state index is -0.342. The summed E-state index contributed by atoms with van der Waals surface area (Å²) in [4.78, 5) is 0. The summed E-state index contributed by atoms with van der Waals surface area (Å²) in [5.74, 6) is 0.410. The van der Waals surface area contributed by atoms with Gasteiger partial charge in [-0.2, -0.15) is 10.5 Å². The maximum atomic E-state index is 8.80. The molecule has 0 aliphatic heterocycles. The Morgan fingerprint density at radius 3 is 2.36 bits per heavy atom. The van der Waals surface area contributed by atoms with Crippen LogP contribution in [0.1, 0.15) is 17.9 Å². The fourth-order valence-electron chi connectivity index (χ4n) is 1.17. The van der Waals surface area contributed by atoms with E-state index in [0.717, 1.165) is 11.3 Å². The van der Waals surface area contributed by atoms with Gasteiger partial charge in [-0.25, -0.2) is 0 Å². The number of nitrogens with zero attached hydrogens (tertiary/aromatic N) is 2. The van der Waals surface area contributed by atoms with Crippen molar-refractivity contribution in [1.29, 1.82) is 10.5 Å². The highest BCUT2D eigenvalue weighted by Crippen LogP contribution is 2.21. The normalized spacial score (nSPS) is 11.1. The highest BCUT2D eigenvalue weighted by Gasteiger charge is 2.09. The average Bonchev–Trinajstić information content (AvgIpc) is 2.26. The monoisotopic (exact) mass is 186 g/mol. The van der Waals surface area contributed by atoms with E-state index in [-0.39, 0.29) is 12.3 Å². The van der Waals surface area contributed by atoms with Crippen LogP contribution < -0.4 is 4.74 Å². The van der Waals surface area contributed by atoms with E-state index >= 15 is 0 Å². The topological polar surface area (TPSA) is 56.8 Å². The molecule has 1 aromatic carbocycles. The first kappa shape index (κ1) is 10.1. The van der Waals surface area contributed by atoms with Gasteiger partial charge >= 0.3 is 0 Å². The number of benzene rings is 1. The maximum Gasteiger partial charge on any atom is 0.118 e. The third kappa shape index (κ3) is 2.24. The van der Waals surface area contributed by atoms with Crippen molar-refractivity contribution in [3.63, 3.8) is 0 Å². The molecule has 70 valence electrons. The molecule has 0 aromatic heterocycles. The molecule has 0 fully saturated rings. The number of hydrogen-bond donors (Lipinski definition) is 0. The van der Waals surface area contributed by atoms with Crippen LogP contribution in [-0.4, -0.2) is 7.11 Å². The van der Waals surface area contributed by atoms with Gasteiger partial charge in [0, 0.05) is 0 Å². The third-order valence-electron chi connectivity index (χ3n) is 1.97. The molecule has 1 unspecified atom stereocenters. The Bertz CT molecular complexity index is 370. The molecule has 14 heavy (non-hydrogen) atoms. The minimum absolute atomic E-state index is 0.225. The Hall–Kier alpha value is -2.00. The van der Waals surface area contributed by atoms with Crippen LogP contribution in [-0.2, 0) is 0 Å². The molecule has 0 saturated carbocycles. The lowest BCUT2D eigenvalue weighted by molar-refractivity contribution is 0.414. The molecule has 0 amide bonds. The van der Waals surface area contributed by atoms with Crippen LogP contribution in [0.4, 0.5) is 0 Å². The molecule has 0 aliphatic carbocycles. The smallest absolute Gasteiger partial charge is 0.118 e. The van der Waals surface area contributed by atoms with E-state index in [4.69, 9.17) is 15.3 Å². The lowest BCUT2D eigenvalue weighted by Crippen LogP contribution is -1.94. The van der Waals surface area contributed by atoms with E-state index in [1.54, 1.807) is 19.2 Å². The van der Waals surface area contributed by atoms with Crippen LogP contribution in [0, 0.1) is 22.7 Å². The predicted octanol–water partition coefficient (Wildman–Crippen LogP) is 2.22. The Balaban J connectivity index is 2.86. The molecule has 0 heterocycles. The molecule has 0 N–H and O–H groups in total. The van der Waals surface area contributed by atoms with Crippen molar-refractivity contribution in [1.82, 2.24) is 0 Å². The average molecular weight is 186 g/mol. The number of ether oxygens (including phenoxy) is 1. The number of nitriles is 2. The molecule has 1 atom stereocenters. The second-order valence-electron chi connectivity index (χ2n) is 2.82. The summed E-state index contributed by atoms with van der Waals surface area (Å²) in [6, 6.07) is 11.3. The zero-order valence-corrected chi connectivity index (χ0v) is 7.90. The number of hydrogen-bond acceptors (Lipinski definition) is 3. The third-order valence-corrected chi connectivity index (χ3v) is 1.97. The first-order valence-corrected chi connectivity index (χ1v) is 4.22. The molecule has 0 saturated heterocycles. The molecule has 3 nitrogen and oxygen atoms in total. The summed E-state index contributed by atoms with van der Waals surface area (Å²) >= 11 is 0. The van der Waals surface area contributed by atoms with Crippen LogP contribution in [0.15, 0.2) is 24.3 Å². The van der Waals surface area contributed by atoms with Crippen molar-refractivity contribution < 1.29 is 4.74 Å². The quantitative estimate of drug-likeness (QED) is 0.727. The molecule has 0 bridgehead atoms. The Kier molecular flexibility index (Phi) is 3.52. The first-order chi connectivity index (χ1) is 6.81. The van der Waals surface area contributed by atoms with Crippen LogP contribution >= 0.6 is 0 Å². The fraction of sp³-hybridized carbons (Fsp3) is 0.273. The zero-order valence-electron chi connectivity index (χ0n) is 7.90. The van der Waals surface area contributed by atoms with Crippen LogP contribution in [0.25, 0.3) is 0 Å². The van der Waals surface area contributed by atoms with E-state index in [1.807, 2.05) is 18.2 Å². The standard InChI is InChI=1S/C11H10N2O/c1-14-11-4-2-9(3-5-11)10(8-13)6-7-12/h2-5,10H,6H2,1H3. The summed E-state index contributed by atoms with van der Waals surface area (Å²) in [6.45, 7) is 0. The molecule has 0 radical (unpaired) electrons. The van der Waals surface area contributed by atoms with Gasteiger partial charge in [-0.3, -0.25) is 0 Å². The summed E-state index contributed by atoms with van der Waals surface area (Å²) in [7, 11) is 1.59. The minimum Gasteiger partial charge on any atom is -0.497 e. The van der Waals surface area contributed by atoms with E-state index in [9.17, 15) is 0 Å². The summed E-state index contributed by atoms with van der Waals surface area (Å²) < 4.78 is 4.99. The van der Waals surface area contributed by atoms with E-state index in [2.05, 4.69) is 6.07 Å². The van der Waals surface area contributed by atoms with Crippen LogP contribution in [0.3, 0.4) is 0 Å². The molecule has 1 rings (SSSR count). The molecule has 1 aromatic rings. The van der Waals surface area contributed by atoms with Crippen molar-refractivity contribution in [2.75, 3.05) is 7.11 Å². The largest absolute Gasteiger partial charge is 0.497 e. The Labute approximate surface area is 83.2 Å². The van der Waals surface area contributed by atoms with Gasteiger partial charge in [0.05, 0.1) is 31.6 Å². The zero-order chi connectivity index (χ0) is 10.4. The molecule has 0 aliphatic rings. The van der Waals surface area contributed by atoms with Gasteiger partial charge in [0.1, 0.15) is 5.75 Å². The molecular weight excluding hydrogens is 176 g/mol. The van der Waals surface area contributed by atoms with Crippen LogP contribution in [0.5, 0.6) is 5.75 Å². The number of methoxy groups -OCH3 is 1. The van der Waals surface area contributed by atoms with Crippen molar-refractivity contribution in [3.05, 3.63) is 29.8 Å². The predicted molar refractivity (Wildman–Crippen MR) is 51.6 cm³/mol. The van der Waals surface area contributed by atoms with Gasteiger partial charge in [0.2, 0.25) is 0 Å². The van der Waals surface area contributed by atoms with Crippen LogP contribution in [0.2, 0.25) is 0 Å². The second kappa shape index (κ2) is 4.89. The van der Waals surface area contributed by atoms with Crippen molar-refractivity contribution in [3.8, 4) is 17.9 Å². The van der Waals surface area contributed by atoms with Gasteiger partial charge in [-0.15, -0.1) is 0 Å². The highest BCUT2D eigenvalue weighted by molar-refractivity contribution is 5.32. The van der Waals surface area contributed by atoms with Gasteiger partial charge in [0.15, 0.2) is 0 Å². The van der Waals surface area contributed by atoms with Gasteiger partial charge < -0.3 is 4.74 Å².